The fourth-order valence-corrected chi connectivity index (χ4v) is 2.32. The van der Waals surface area contributed by atoms with Crippen LogP contribution in [0, 0.1) is 0 Å². The Morgan fingerprint density at radius 2 is 1.50 bits per heavy atom. The van der Waals surface area contributed by atoms with Gasteiger partial charge >= 0.3 is 0 Å². The Morgan fingerprint density at radius 1 is 1.00 bits per heavy atom. The predicted octanol–water partition coefficient (Wildman–Crippen LogP) is 2.38. The monoisotopic (exact) mass is 252 g/mol. The Bertz CT molecular complexity index is 249. The van der Waals surface area contributed by atoms with E-state index in [4.69, 9.17) is 4.55 Å². The molecule has 0 aromatic heterocycles. The molecule has 0 radical (unpaired) electrons. The fourth-order valence-electron chi connectivity index (χ4n) is 1.66. The Kier molecular flexibility index (Phi) is 8.89. The maximum Gasteiger partial charge on any atom is 0.267 e. The average Bonchev–Trinajstić information content (AvgIpc) is 2.13. The van der Waals surface area contributed by atoms with Gasteiger partial charge in [-0.15, -0.1) is 0 Å². The average molecular weight is 252 g/mol. The van der Waals surface area contributed by atoms with E-state index in [2.05, 4.69) is 6.92 Å². The summed E-state index contributed by atoms with van der Waals surface area (Å²) in [4.78, 5) is 0. The summed E-state index contributed by atoms with van der Waals surface area (Å²) < 4.78 is 29.4. The molecule has 98 valence electrons. The second kappa shape index (κ2) is 8.96. The summed E-state index contributed by atoms with van der Waals surface area (Å²) in [6, 6.07) is 0. The van der Waals surface area contributed by atoms with Crippen LogP contribution in [0.3, 0.4) is 0 Å². The van der Waals surface area contributed by atoms with Gasteiger partial charge in [0.05, 0.1) is 6.10 Å². The quantitative estimate of drug-likeness (QED) is 0.462. The third-order valence-corrected chi connectivity index (χ3v) is 3.35. The highest BCUT2D eigenvalue weighted by atomic mass is 32.2. The molecule has 5 heteroatoms. The molecule has 0 amide bonds. The van der Waals surface area contributed by atoms with Crippen molar-refractivity contribution >= 4 is 10.1 Å². The van der Waals surface area contributed by atoms with Crippen LogP contribution in [0.15, 0.2) is 0 Å². The van der Waals surface area contributed by atoms with Crippen molar-refractivity contribution in [3.63, 3.8) is 0 Å². The number of hydrogen-bond donors (Lipinski definition) is 2. The Hall–Kier alpha value is -0.130. The van der Waals surface area contributed by atoms with E-state index in [1.165, 1.54) is 25.7 Å². The molecule has 0 aliphatic carbocycles. The Labute approximate surface area is 98.8 Å². The summed E-state index contributed by atoms with van der Waals surface area (Å²) in [5, 5.41) is 9.29. The minimum absolute atomic E-state index is 0.452. The van der Waals surface area contributed by atoms with E-state index in [1.807, 2.05) is 0 Å². The Balaban J connectivity index is 3.31. The molecule has 0 saturated heterocycles. The summed E-state index contributed by atoms with van der Waals surface area (Å²) in [5.41, 5.74) is 0. The minimum atomic E-state index is -4.03. The molecule has 16 heavy (non-hydrogen) atoms. The van der Waals surface area contributed by atoms with Gasteiger partial charge in [0.25, 0.3) is 10.1 Å². The number of aliphatic hydroxyl groups excluding tert-OH is 1. The molecule has 2 N–H and O–H groups in total. The van der Waals surface area contributed by atoms with E-state index in [0.29, 0.717) is 6.42 Å². The number of rotatable bonds is 10. The van der Waals surface area contributed by atoms with Crippen molar-refractivity contribution in [3.05, 3.63) is 0 Å². The molecule has 0 rings (SSSR count). The van der Waals surface area contributed by atoms with Gasteiger partial charge in [0, 0.05) is 0 Å². The van der Waals surface area contributed by atoms with Crippen molar-refractivity contribution in [1.82, 2.24) is 0 Å². The molecule has 0 aliphatic heterocycles. The third kappa shape index (κ3) is 11.9. The maximum atomic E-state index is 10.4. The second-order valence-electron chi connectivity index (χ2n) is 4.31. The van der Waals surface area contributed by atoms with Crippen LogP contribution in [0.5, 0.6) is 0 Å². The summed E-state index contributed by atoms with van der Waals surface area (Å²) in [7, 11) is -4.03. The lowest BCUT2D eigenvalue weighted by Crippen LogP contribution is -2.19. The van der Waals surface area contributed by atoms with Crippen molar-refractivity contribution in [2.45, 2.75) is 64.4 Å². The molecule has 1 atom stereocenters. The van der Waals surface area contributed by atoms with Crippen molar-refractivity contribution in [2.75, 3.05) is 5.75 Å². The lowest BCUT2D eigenvalue weighted by atomic mass is 10.1. The number of unbranched alkanes of at least 4 members (excludes halogenated alkanes) is 6. The van der Waals surface area contributed by atoms with Crippen LogP contribution in [0.1, 0.15) is 58.3 Å². The molecule has 0 aromatic rings. The molecule has 0 fully saturated rings. The van der Waals surface area contributed by atoms with Crippen molar-refractivity contribution < 1.29 is 18.1 Å². The topological polar surface area (TPSA) is 74.6 Å². The first-order chi connectivity index (χ1) is 7.45. The smallest absolute Gasteiger partial charge is 0.267 e. The second-order valence-corrected chi connectivity index (χ2v) is 5.81. The molecule has 1 unspecified atom stereocenters. The third-order valence-electron chi connectivity index (χ3n) is 2.54. The molecule has 0 aromatic carbocycles. The SMILES string of the molecule is CCCCCCCCCC(O)CS(=O)(=O)O. The number of hydrogen-bond acceptors (Lipinski definition) is 3. The van der Waals surface area contributed by atoms with Gasteiger partial charge in [0.1, 0.15) is 5.75 Å². The largest absolute Gasteiger partial charge is 0.392 e. The van der Waals surface area contributed by atoms with Crippen LogP contribution in [0.4, 0.5) is 0 Å². The molecule has 0 saturated carbocycles. The summed E-state index contributed by atoms with van der Waals surface area (Å²) in [5.74, 6) is -0.539. The van der Waals surface area contributed by atoms with E-state index >= 15 is 0 Å². The van der Waals surface area contributed by atoms with Crippen LogP contribution >= 0.6 is 0 Å². The molecular formula is C11H24O4S. The Morgan fingerprint density at radius 3 is 2.00 bits per heavy atom. The maximum absolute atomic E-state index is 10.4. The van der Waals surface area contributed by atoms with Crippen LogP contribution in [-0.4, -0.2) is 29.9 Å². The summed E-state index contributed by atoms with van der Waals surface area (Å²) >= 11 is 0. The van der Waals surface area contributed by atoms with Gasteiger partial charge in [0.2, 0.25) is 0 Å². The molecule has 0 heterocycles. The van der Waals surface area contributed by atoms with Gasteiger partial charge in [-0.05, 0) is 6.42 Å². The van der Waals surface area contributed by atoms with Gasteiger partial charge in [-0.2, -0.15) is 8.42 Å². The van der Waals surface area contributed by atoms with E-state index in [0.717, 1.165) is 19.3 Å². The zero-order valence-electron chi connectivity index (χ0n) is 10.1. The standard InChI is InChI=1S/C11H24O4S/c1-2-3-4-5-6-7-8-9-11(12)10-16(13,14)15/h11-12H,2-10H2,1H3,(H,13,14,15). The van der Waals surface area contributed by atoms with Gasteiger partial charge < -0.3 is 5.11 Å². The van der Waals surface area contributed by atoms with Crippen molar-refractivity contribution in [3.8, 4) is 0 Å². The van der Waals surface area contributed by atoms with Crippen molar-refractivity contribution in [1.29, 1.82) is 0 Å². The fraction of sp³-hybridized carbons (Fsp3) is 1.00. The molecule has 0 spiro atoms. The highest BCUT2D eigenvalue weighted by molar-refractivity contribution is 7.85. The first kappa shape index (κ1) is 15.9. The highest BCUT2D eigenvalue weighted by Gasteiger charge is 2.13. The zero-order valence-corrected chi connectivity index (χ0v) is 10.9. The molecule has 0 bridgehead atoms. The first-order valence-corrected chi connectivity index (χ1v) is 7.70. The summed E-state index contributed by atoms with van der Waals surface area (Å²) in [6.07, 6.45) is 7.47. The first-order valence-electron chi connectivity index (χ1n) is 6.09. The van der Waals surface area contributed by atoms with E-state index in [1.54, 1.807) is 0 Å². The lowest BCUT2D eigenvalue weighted by molar-refractivity contribution is 0.180. The predicted molar refractivity (Wildman–Crippen MR) is 65.0 cm³/mol. The lowest BCUT2D eigenvalue weighted by Gasteiger charge is -2.07. The zero-order chi connectivity index (χ0) is 12.4. The molecular weight excluding hydrogens is 228 g/mol. The van der Waals surface area contributed by atoms with Gasteiger partial charge in [0.15, 0.2) is 0 Å². The summed E-state index contributed by atoms with van der Waals surface area (Å²) in [6.45, 7) is 2.17. The minimum Gasteiger partial charge on any atom is -0.392 e. The van der Waals surface area contributed by atoms with Crippen LogP contribution < -0.4 is 0 Å². The molecule has 4 nitrogen and oxygen atoms in total. The van der Waals surface area contributed by atoms with E-state index in [9.17, 15) is 13.5 Å². The number of aliphatic hydroxyl groups is 1. The van der Waals surface area contributed by atoms with E-state index < -0.39 is 22.0 Å². The van der Waals surface area contributed by atoms with Crippen LogP contribution in [0.25, 0.3) is 0 Å². The normalized spacial score (nSPS) is 13.9. The van der Waals surface area contributed by atoms with Gasteiger partial charge in [-0.1, -0.05) is 51.9 Å². The van der Waals surface area contributed by atoms with Gasteiger partial charge in [-0.25, -0.2) is 0 Å². The molecule has 0 aliphatic rings. The highest BCUT2D eigenvalue weighted by Crippen LogP contribution is 2.10. The van der Waals surface area contributed by atoms with E-state index in [-0.39, 0.29) is 0 Å². The van der Waals surface area contributed by atoms with Gasteiger partial charge in [-0.3, -0.25) is 4.55 Å². The van der Waals surface area contributed by atoms with Crippen molar-refractivity contribution in [2.24, 2.45) is 0 Å². The van der Waals surface area contributed by atoms with Crippen LogP contribution in [-0.2, 0) is 10.1 Å². The van der Waals surface area contributed by atoms with Crippen LogP contribution in [0.2, 0.25) is 0 Å².